The van der Waals surface area contributed by atoms with Crippen LogP contribution in [0.3, 0.4) is 0 Å². The second-order valence-corrected chi connectivity index (χ2v) is 3.70. The minimum absolute atomic E-state index is 0. The number of nitrogens with zero attached hydrogens (tertiary/aromatic N) is 1. The molecule has 0 aromatic rings. The molecule has 0 aromatic carbocycles. The van der Waals surface area contributed by atoms with E-state index >= 15 is 0 Å². The Morgan fingerprint density at radius 3 is 2.12 bits per heavy atom. The molecule has 0 saturated carbocycles. The summed E-state index contributed by atoms with van der Waals surface area (Å²) >= 11 is 0. The van der Waals surface area contributed by atoms with Crippen LogP contribution in [-0.2, 0) is 27.2 Å². The van der Waals surface area contributed by atoms with Gasteiger partial charge in [-0.25, -0.2) is 0 Å². The maximum Gasteiger partial charge on any atom is 1.00 e. The molecule has 0 atom stereocenters. The van der Waals surface area contributed by atoms with Gasteiger partial charge in [-0.15, -0.1) is 0 Å². The molecule has 0 N–H and O–H groups in total. The third-order valence-corrected chi connectivity index (χ3v) is 2.23. The van der Waals surface area contributed by atoms with Crippen molar-refractivity contribution in [1.29, 1.82) is 0 Å². The Balaban J connectivity index is 0. The molecule has 0 bridgehead atoms. The van der Waals surface area contributed by atoms with Crippen molar-refractivity contribution in [1.82, 2.24) is 0 Å². The number of carbonyl (C=O) groups excluding carboxylic acids is 1. The number of nitro groups is 1. The maximum atomic E-state index is 10.1. The first-order valence-corrected chi connectivity index (χ1v) is 5.63. The van der Waals surface area contributed by atoms with Gasteiger partial charge in [-0.2, -0.15) is 0 Å². The molecule has 0 fully saturated rings. The molecule has 6 heteroatoms. The van der Waals surface area contributed by atoms with E-state index in [-0.39, 0.29) is 28.8 Å². The smallest absolute Gasteiger partial charge is 0.550 e. The van der Waals surface area contributed by atoms with E-state index in [1.165, 1.54) is 0 Å². The van der Waals surface area contributed by atoms with Crippen LogP contribution in [0, 0.1) is 10.1 Å². The molecule has 0 saturated heterocycles. The third kappa shape index (κ3) is 17.9. The Morgan fingerprint density at radius 1 is 1.06 bits per heavy atom. The molecule has 0 aliphatic rings. The van der Waals surface area contributed by atoms with Gasteiger partial charge in [0, 0.05) is 5.97 Å². The first-order valence-electron chi connectivity index (χ1n) is 5.63. The van der Waals surface area contributed by atoms with Gasteiger partial charge in [-0.3, -0.25) is 10.1 Å². The fourth-order valence-electron chi connectivity index (χ4n) is 1.40. The number of allylic oxidation sites excluding steroid dienone is 1. The normalized spacial score (nSPS) is 10.1. The molecule has 0 rings (SSSR count). The first-order chi connectivity index (χ1) is 7.63. The van der Waals surface area contributed by atoms with Gasteiger partial charge in [0.05, 0.1) is 4.92 Å². The summed E-state index contributed by atoms with van der Waals surface area (Å²) in [4.78, 5) is 19.6. The van der Waals surface area contributed by atoms with E-state index in [9.17, 15) is 20.0 Å². The van der Waals surface area contributed by atoms with Gasteiger partial charge >= 0.3 is 22.4 Å². The van der Waals surface area contributed by atoms with Crippen molar-refractivity contribution in [3.63, 3.8) is 0 Å². The Bertz CT molecular complexity index is 244. The van der Waals surface area contributed by atoms with Crippen LogP contribution in [-0.4, -0.2) is 10.9 Å². The summed E-state index contributed by atoms with van der Waals surface area (Å²) in [5.74, 6) is -0.982. The zero-order chi connectivity index (χ0) is 12.2. The van der Waals surface area contributed by atoms with Crippen molar-refractivity contribution >= 4 is 5.97 Å². The van der Waals surface area contributed by atoms with Gasteiger partial charge < -0.3 is 9.90 Å². The summed E-state index contributed by atoms with van der Waals surface area (Å²) in [6.45, 7) is 0. The predicted octanol–water partition coefficient (Wildman–Crippen LogP) is 1.64. The van der Waals surface area contributed by atoms with Crippen LogP contribution in [0.2, 0.25) is 0 Å². The maximum absolute atomic E-state index is 10.1. The van der Waals surface area contributed by atoms with Gasteiger partial charge in [-0.1, -0.05) is 25.7 Å². The van der Waals surface area contributed by atoms with Crippen LogP contribution in [0.25, 0.3) is 0 Å². The zero-order valence-electron chi connectivity index (χ0n) is 9.69. The largest absolute Gasteiger partial charge is 1.00 e. The molecule has 0 unspecified atom stereocenters. The number of carboxylic acid groups (broad SMARTS) is 1. The van der Waals surface area contributed by atoms with Crippen LogP contribution in [0.1, 0.15) is 51.4 Å². The molecule has 0 aliphatic carbocycles. The third-order valence-electron chi connectivity index (χ3n) is 2.23. The van der Waals surface area contributed by atoms with Crippen molar-refractivity contribution in [3.05, 3.63) is 22.4 Å². The van der Waals surface area contributed by atoms with Crippen LogP contribution in [0.4, 0.5) is 0 Å². The van der Waals surface area contributed by atoms with Gasteiger partial charge in [0.25, 0.3) is 0 Å². The van der Waals surface area contributed by atoms with Crippen LogP contribution in [0.15, 0.2) is 12.3 Å². The molecule has 102 valence electrons. The monoisotopic (exact) mass is 335 g/mol. The Hall–Kier alpha value is -0.650. The standard InChI is InChI=1S/C11H19NO4.Ag/c13-11(14)9-7-5-3-1-2-4-6-8-10-12(15)16;/h8,10H,1-7,9H2,(H,13,14);/q;+1/p-1/b10-8+;. The molecule has 0 heterocycles. The topological polar surface area (TPSA) is 83.3 Å². The number of hydrogen-bond donors (Lipinski definition) is 0. The molecule has 0 radical (unpaired) electrons. The molecule has 0 aromatic heterocycles. The SMILES string of the molecule is O=C([O-])CCCCCCCC/C=C/[N+](=O)[O-].[Ag+]. The summed E-state index contributed by atoms with van der Waals surface area (Å²) < 4.78 is 0. The van der Waals surface area contributed by atoms with E-state index in [1.807, 2.05) is 0 Å². The van der Waals surface area contributed by atoms with Crippen LogP contribution < -0.4 is 5.11 Å². The number of unbranched alkanes of at least 4 members (excludes halogenated alkanes) is 6. The van der Waals surface area contributed by atoms with Crippen LogP contribution >= 0.6 is 0 Å². The minimum Gasteiger partial charge on any atom is -0.550 e. The van der Waals surface area contributed by atoms with Crippen molar-refractivity contribution in [2.24, 2.45) is 0 Å². The number of rotatable bonds is 10. The van der Waals surface area contributed by atoms with E-state index in [1.54, 1.807) is 6.08 Å². The fraction of sp³-hybridized carbons (Fsp3) is 0.727. The summed E-state index contributed by atoms with van der Waals surface area (Å²) in [7, 11) is 0. The quantitative estimate of drug-likeness (QED) is 0.263. The number of aliphatic carboxylic acids is 1. The van der Waals surface area contributed by atoms with E-state index < -0.39 is 10.9 Å². The van der Waals surface area contributed by atoms with E-state index in [2.05, 4.69) is 0 Å². The van der Waals surface area contributed by atoms with Crippen molar-refractivity contribution in [3.8, 4) is 0 Å². The van der Waals surface area contributed by atoms with E-state index in [4.69, 9.17) is 0 Å². The average Bonchev–Trinajstić information content (AvgIpc) is 2.20. The Morgan fingerprint density at radius 2 is 1.59 bits per heavy atom. The van der Waals surface area contributed by atoms with Crippen LogP contribution in [0.5, 0.6) is 0 Å². The summed E-state index contributed by atoms with van der Waals surface area (Å²) in [5, 5.41) is 20.0. The average molecular weight is 336 g/mol. The van der Waals surface area contributed by atoms with E-state index in [0.717, 1.165) is 44.7 Å². The summed E-state index contributed by atoms with van der Waals surface area (Å²) in [6.07, 6.45) is 9.08. The second-order valence-electron chi connectivity index (χ2n) is 3.70. The molecular formula is C11H18AgNO4. The Kier molecular flexibility index (Phi) is 14.8. The molecule has 0 amide bonds. The van der Waals surface area contributed by atoms with Gasteiger partial charge in [0.15, 0.2) is 0 Å². The molecule has 5 nitrogen and oxygen atoms in total. The summed E-state index contributed by atoms with van der Waals surface area (Å²) in [6, 6.07) is 0. The van der Waals surface area contributed by atoms with Crippen molar-refractivity contribution in [2.45, 2.75) is 51.4 Å². The molecule has 0 aliphatic heterocycles. The number of carbonyl (C=O) groups is 1. The molecule has 17 heavy (non-hydrogen) atoms. The predicted molar refractivity (Wildman–Crippen MR) is 58.1 cm³/mol. The number of hydrogen-bond acceptors (Lipinski definition) is 4. The second kappa shape index (κ2) is 13.4. The Labute approximate surface area is 117 Å². The summed E-state index contributed by atoms with van der Waals surface area (Å²) in [5.41, 5.74) is 0. The van der Waals surface area contributed by atoms with Crippen molar-refractivity contribution < 1.29 is 37.2 Å². The van der Waals surface area contributed by atoms with Crippen molar-refractivity contribution in [2.75, 3.05) is 0 Å². The fourth-order valence-corrected chi connectivity index (χ4v) is 1.40. The zero-order valence-corrected chi connectivity index (χ0v) is 11.2. The molecular weight excluding hydrogens is 318 g/mol. The minimum atomic E-state index is -0.982. The van der Waals surface area contributed by atoms with E-state index in [0.29, 0.717) is 6.42 Å². The first kappa shape index (κ1) is 18.7. The van der Waals surface area contributed by atoms with Gasteiger partial charge in [-0.05, 0) is 31.8 Å². The number of carboxylic acids is 1. The van der Waals surface area contributed by atoms with Gasteiger partial charge in [0.1, 0.15) is 0 Å². The van der Waals surface area contributed by atoms with Gasteiger partial charge in [0.2, 0.25) is 6.20 Å². The molecule has 0 spiro atoms.